The van der Waals surface area contributed by atoms with Gasteiger partial charge in [0.15, 0.2) is 0 Å². The molecule has 1 atom stereocenters. The number of carbonyl (C=O) groups excluding carboxylic acids is 1. The van der Waals surface area contributed by atoms with E-state index in [4.69, 9.17) is 22.1 Å². The van der Waals surface area contributed by atoms with E-state index in [-0.39, 0.29) is 11.5 Å². The van der Waals surface area contributed by atoms with Crippen molar-refractivity contribution in [2.75, 3.05) is 18.9 Å². The van der Waals surface area contributed by atoms with Gasteiger partial charge in [-0.2, -0.15) is 0 Å². The second-order valence-corrected chi connectivity index (χ2v) is 7.06. The highest BCUT2D eigenvalue weighted by atomic mass is 35.5. The van der Waals surface area contributed by atoms with Crippen LogP contribution in [0.25, 0.3) is 10.1 Å². The number of hydrogen-bond acceptors (Lipinski definition) is 4. The minimum absolute atomic E-state index is 0.151. The molecule has 4 nitrogen and oxygen atoms in total. The predicted molar refractivity (Wildman–Crippen MR) is 87.2 cm³/mol. The number of carbonyl (C=O) groups is 1. The third kappa shape index (κ3) is 2.86. The molecule has 1 saturated heterocycles. The Morgan fingerprint density at radius 1 is 1.57 bits per heavy atom. The van der Waals surface area contributed by atoms with Crippen LogP contribution in [0.5, 0.6) is 0 Å². The number of fused-ring (bicyclic) bond motifs is 1. The lowest BCUT2D eigenvalue weighted by Crippen LogP contribution is -2.40. The average molecular weight is 325 g/mol. The number of nitrogen functional groups attached to an aromatic ring is 1. The molecule has 1 aliphatic heterocycles. The summed E-state index contributed by atoms with van der Waals surface area (Å²) in [7, 11) is 0. The monoisotopic (exact) mass is 324 g/mol. The molecule has 0 bridgehead atoms. The summed E-state index contributed by atoms with van der Waals surface area (Å²) in [6, 6.07) is 5.48. The van der Waals surface area contributed by atoms with E-state index in [1.54, 1.807) is 12.1 Å². The maximum atomic E-state index is 12.3. The van der Waals surface area contributed by atoms with Crippen LogP contribution in [0.2, 0.25) is 5.02 Å². The third-order valence-electron chi connectivity index (χ3n) is 3.82. The van der Waals surface area contributed by atoms with Crippen molar-refractivity contribution < 1.29 is 9.53 Å². The lowest BCUT2D eigenvalue weighted by molar-refractivity contribution is 0.0206. The van der Waals surface area contributed by atoms with Gasteiger partial charge in [0.2, 0.25) is 0 Å². The molecule has 1 amide bonds. The van der Waals surface area contributed by atoms with Gasteiger partial charge in [-0.15, -0.1) is 11.3 Å². The van der Waals surface area contributed by atoms with Crippen LogP contribution in [-0.2, 0) is 4.74 Å². The molecule has 3 rings (SSSR count). The Hall–Kier alpha value is -1.30. The molecule has 1 aromatic carbocycles. The first kappa shape index (κ1) is 14.6. The minimum Gasteiger partial charge on any atom is -0.397 e. The van der Waals surface area contributed by atoms with Gasteiger partial charge in [-0.25, -0.2) is 0 Å². The smallest absolute Gasteiger partial charge is 0.263 e. The summed E-state index contributed by atoms with van der Waals surface area (Å²) in [5.41, 5.74) is 6.32. The van der Waals surface area contributed by atoms with E-state index in [1.165, 1.54) is 11.3 Å². The zero-order chi connectivity index (χ0) is 15.0. The second kappa shape index (κ2) is 5.48. The van der Waals surface area contributed by atoms with E-state index >= 15 is 0 Å². The van der Waals surface area contributed by atoms with Gasteiger partial charge >= 0.3 is 0 Å². The van der Waals surface area contributed by atoms with E-state index < -0.39 is 0 Å². The molecule has 0 spiro atoms. The number of nitrogens with one attached hydrogen (secondary N) is 1. The van der Waals surface area contributed by atoms with Gasteiger partial charge < -0.3 is 15.8 Å². The average Bonchev–Trinajstić information content (AvgIpc) is 3.02. The van der Waals surface area contributed by atoms with Crippen molar-refractivity contribution in [1.29, 1.82) is 0 Å². The Balaban J connectivity index is 1.80. The zero-order valence-electron chi connectivity index (χ0n) is 11.7. The minimum atomic E-state index is -0.260. The van der Waals surface area contributed by atoms with Crippen molar-refractivity contribution in [2.45, 2.75) is 25.4 Å². The van der Waals surface area contributed by atoms with Crippen molar-refractivity contribution in [3.05, 3.63) is 28.1 Å². The van der Waals surface area contributed by atoms with Crippen molar-refractivity contribution in [1.82, 2.24) is 5.32 Å². The summed E-state index contributed by atoms with van der Waals surface area (Å²) < 4.78 is 6.63. The molecule has 6 heteroatoms. The number of rotatable bonds is 3. The Morgan fingerprint density at radius 3 is 3.10 bits per heavy atom. The molecule has 112 valence electrons. The molecule has 0 saturated carbocycles. The Labute approximate surface area is 132 Å². The van der Waals surface area contributed by atoms with Crippen molar-refractivity contribution in [3.8, 4) is 0 Å². The normalized spacial score (nSPS) is 21.8. The van der Waals surface area contributed by atoms with Crippen molar-refractivity contribution in [3.63, 3.8) is 0 Å². The first-order valence-electron chi connectivity index (χ1n) is 6.88. The molecular formula is C15H17ClN2O2S. The standard InChI is InChI=1S/C15H17ClN2O2S/c1-15(5-2-6-20-15)8-18-14(19)13-12(17)10-7-9(16)3-4-11(10)21-13/h3-4,7H,2,5-6,8,17H2,1H3,(H,18,19). The van der Waals surface area contributed by atoms with Crippen molar-refractivity contribution >= 4 is 44.6 Å². The van der Waals surface area contributed by atoms with Gasteiger partial charge in [-0.3, -0.25) is 4.79 Å². The van der Waals surface area contributed by atoms with Gasteiger partial charge in [0.25, 0.3) is 5.91 Å². The van der Waals surface area contributed by atoms with Crippen LogP contribution in [-0.4, -0.2) is 24.7 Å². The highest BCUT2D eigenvalue weighted by Gasteiger charge is 2.30. The SMILES string of the molecule is CC1(CNC(=O)c2sc3ccc(Cl)cc3c2N)CCCO1. The van der Waals surface area contributed by atoms with E-state index in [0.717, 1.165) is 29.5 Å². The maximum Gasteiger partial charge on any atom is 0.263 e. The van der Waals surface area contributed by atoms with Crippen LogP contribution in [0.1, 0.15) is 29.4 Å². The lowest BCUT2D eigenvalue weighted by Gasteiger charge is -2.23. The van der Waals surface area contributed by atoms with Crippen LogP contribution in [0.3, 0.4) is 0 Å². The van der Waals surface area contributed by atoms with Crippen LogP contribution in [0, 0.1) is 0 Å². The Morgan fingerprint density at radius 2 is 2.38 bits per heavy atom. The Kier molecular flexibility index (Phi) is 3.82. The molecule has 21 heavy (non-hydrogen) atoms. The van der Waals surface area contributed by atoms with Crippen LogP contribution < -0.4 is 11.1 Å². The number of nitrogens with two attached hydrogens (primary N) is 1. The highest BCUT2D eigenvalue weighted by molar-refractivity contribution is 7.21. The molecule has 2 aromatic rings. The number of amides is 1. The summed E-state index contributed by atoms with van der Waals surface area (Å²) in [5.74, 6) is -0.151. The first-order chi connectivity index (χ1) is 9.98. The molecule has 1 unspecified atom stereocenters. The van der Waals surface area contributed by atoms with E-state index in [0.29, 0.717) is 22.1 Å². The number of hydrogen-bond donors (Lipinski definition) is 2. The summed E-state index contributed by atoms with van der Waals surface area (Å²) in [5, 5.41) is 4.38. The summed E-state index contributed by atoms with van der Waals surface area (Å²) in [6.07, 6.45) is 2.00. The maximum absolute atomic E-state index is 12.3. The topological polar surface area (TPSA) is 64.4 Å². The summed E-state index contributed by atoms with van der Waals surface area (Å²) in [4.78, 5) is 12.9. The number of benzene rings is 1. The molecule has 0 aliphatic carbocycles. The first-order valence-corrected chi connectivity index (χ1v) is 8.08. The highest BCUT2D eigenvalue weighted by Crippen LogP contribution is 2.35. The van der Waals surface area contributed by atoms with E-state index in [1.807, 2.05) is 13.0 Å². The van der Waals surface area contributed by atoms with E-state index in [2.05, 4.69) is 5.32 Å². The number of ether oxygens (including phenoxy) is 1. The van der Waals surface area contributed by atoms with E-state index in [9.17, 15) is 4.79 Å². The molecular weight excluding hydrogens is 308 g/mol. The number of thiophene rings is 1. The summed E-state index contributed by atoms with van der Waals surface area (Å²) in [6.45, 7) is 3.28. The molecule has 3 N–H and O–H groups in total. The predicted octanol–water partition coefficient (Wildman–Crippen LogP) is 3.44. The van der Waals surface area contributed by atoms with Crippen molar-refractivity contribution in [2.24, 2.45) is 0 Å². The molecule has 0 radical (unpaired) electrons. The second-order valence-electron chi connectivity index (χ2n) is 5.57. The molecule has 1 fully saturated rings. The van der Waals surface area contributed by atoms with Crippen LogP contribution >= 0.6 is 22.9 Å². The van der Waals surface area contributed by atoms with Gasteiger partial charge in [0, 0.05) is 28.3 Å². The number of anilines is 1. The number of halogens is 1. The molecule has 2 heterocycles. The fourth-order valence-corrected chi connectivity index (χ4v) is 3.77. The van der Waals surface area contributed by atoms with Gasteiger partial charge in [0.05, 0.1) is 11.3 Å². The lowest BCUT2D eigenvalue weighted by atomic mass is 10.0. The largest absolute Gasteiger partial charge is 0.397 e. The fraction of sp³-hybridized carbons (Fsp3) is 0.400. The fourth-order valence-electron chi connectivity index (χ4n) is 2.58. The third-order valence-corrected chi connectivity index (χ3v) is 5.24. The molecule has 1 aliphatic rings. The zero-order valence-corrected chi connectivity index (χ0v) is 13.3. The Bertz CT molecular complexity index is 692. The van der Waals surface area contributed by atoms with Gasteiger partial charge in [-0.1, -0.05) is 11.6 Å². The summed E-state index contributed by atoms with van der Waals surface area (Å²) >= 11 is 7.36. The van der Waals surface area contributed by atoms with Gasteiger partial charge in [-0.05, 0) is 38.0 Å². The quantitative estimate of drug-likeness (QED) is 0.909. The van der Waals surface area contributed by atoms with Crippen LogP contribution in [0.15, 0.2) is 18.2 Å². The van der Waals surface area contributed by atoms with Gasteiger partial charge in [0.1, 0.15) is 4.88 Å². The molecule has 1 aromatic heterocycles. The van der Waals surface area contributed by atoms with Crippen LogP contribution in [0.4, 0.5) is 5.69 Å².